The average Bonchev–Trinajstić information content (AvgIpc) is 2.78. The molecule has 0 fully saturated rings. The van der Waals surface area contributed by atoms with Gasteiger partial charge in [0.1, 0.15) is 5.75 Å². The van der Waals surface area contributed by atoms with E-state index in [1.807, 2.05) is 6.07 Å². The number of hydrogen-bond donors (Lipinski definition) is 4. The predicted octanol–water partition coefficient (Wildman–Crippen LogP) is 5.25. The Morgan fingerprint density at radius 1 is 1.15 bits per heavy atom. The van der Waals surface area contributed by atoms with Crippen molar-refractivity contribution in [3.8, 4) is 17.6 Å². The number of nitrogens with two attached hydrogens (primary N) is 1. The van der Waals surface area contributed by atoms with Crippen LogP contribution in [-0.2, 0) is 11.2 Å². The van der Waals surface area contributed by atoms with Gasteiger partial charge in [-0.25, -0.2) is 9.60 Å². The van der Waals surface area contributed by atoms with Crippen LogP contribution >= 0.6 is 23.2 Å². The Morgan fingerprint density at radius 3 is 2.61 bits per heavy atom. The number of ether oxygens (including phenoxy) is 2. The van der Waals surface area contributed by atoms with Crippen molar-refractivity contribution in [1.82, 2.24) is 0 Å². The van der Waals surface area contributed by atoms with Gasteiger partial charge in [-0.2, -0.15) is 10.7 Å². The van der Waals surface area contributed by atoms with Crippen molar-refractivity contribution in [3.05, 3.63) is 86.6 Å². The van der Waals surface area contributed by atoms with Gasteiger partial charge in [0.25, 0.3) is 0 Å². The molecule has 3 aromatic carbocycles. The maximum atomic E-state index is 15.1. The first-order valence-corrected chi connectivity index (χ1v) is 10.2. The second-order valence-corrected chi connectivity index (χ2v) is 7.82. The Bertz CT molecular complexity index is 1290. The number of rotatable bonds is 6. The Morgan fingerprint density at radius 2 is 1.91 bits per heavy atom. The van der Waals surface area contributed by atoms with Gasteiger partial charge in [-0.3, -0.25) is 10.8 Å². The van der Waals surface area contributed by atoms with Crippen LogP contribution in [0, 0.1) is 34.9 Å². The van der Waals surface area contributed by atoms with Gasteiger partial charge in [-0.15, -0.1) is 0 Å². The third-order valence-corrected chi connectivity index (χ3v) is 5.10. The molecule has 33 heavy (non-hydrogen) atoms. The van der Waals surface area contributed by atoms with Crippen molar-refractivity contribution in [2.24, 2.45) is 0 Å². The quantitative estimate of drug-likeness (QED) is 0.164. The fourth-order valence-electron chi connectivity index (χ4n) is 2.96. The molecule has 168 valence electrons. The molecule has 10 heteroatoms. The van der Waals surface area contributed by atoms with E-state index in [0.29, 0.717) is 16.8 Å². The Hall–Kier alpha value is -3.48. The molecule has 0 amide bonds. The minimum absolute atomic E-state index is 0.0115. The molecule has 0 aliphatic heterocycles. The molecule has 3 aromatic rings. The molecular weight excluding hydrogens is 470 g/mol. The lowest BCUT2D eigenvalue weighted by Gasteiger charge is -2.14. The van der Waals surface area contributed by atoms with E-state index >= 15 is 4.39 Å². The molecule has 7 nitrogen and oxygen atoms in total. The minimum Gasteiger partial charge on any atom is -0.453 e. The largest absolute Gasteiger partial charge is 0.453 e. The molecule has 0 aliphatic rings. The zero-order valence-electron chi connectivity index (χ0n) is 17.2. The summed E-state index contributed by atoms with van der Waals surface area (Å²) >= 11 is 12.1. The zero-order valence-corrected chi connectivity index (χ0v) is 18.8. The highest BCUT2D eigenvalue weighted by Crippen LogP contribution is 2.35. The van der Waals surface area contributed by atoms with E-state index in [9.17, 15) is 5.21 Å². The molecule has 0 aromatic heterocycles. The summed E-state index contributed by atoms with van der Waals surface area (Å²) in [5, 5.41) is 34.7. The lowest BCUT2D eigenvalue weighted by molar-refractivity contribution is -0.825. The van der Waals surface area contributed by atoms with Crippen molar-refractivity contribution in [3.63, 3.8) is 0 Å². The summed E-state index contributed by atoms with van der Waals surface area (Å²) in [7, 11) is 0. The van der Waals surface area contributed by atoms with E-state index < -0.39 is 5.82 Å². The van der Waals surface area contributed by atoms with Crippen LogP contribution in [0.5, 0.6) is 11.5 Å². The van der Waals surface area contributed by atoms with Gasteiger partial charge in [-0.1, -0.05) is 35.3 Å². The number of nitrogens with zero attached hydrogens (tertiary/aromatic N) is 1. The fraction of sp³-hybridized carbons (Fsp3) is 0.0870. The molecule has 0 saturated carbocycles. The second-order valence-electron chi connectivity index (χ2n) is 6.97. The van der Waals surface area contributed by atoms with Crippen molar-refractivity contribution in [2.75, 3.05) is 0 Å². The number of nitriles is 1. The summed E-state index contributed by atoms with van der Waals surface area (Å²) in [4.78, 5) is 0. The molecule has 0 atom stereocenters. The molecule has 0 aliphatic carbocycles. The van der Waals surface area contributed by atoms with Gasteiger partial charge in [-0.05, 0) is 36.8 Å². The summed E-state index contributed by atoms with van der Waals surface area (Å²) in [6.45, 7) is 1.76. The lowest BCUT2D eigenvalue weighted by Crippen LogP contribution is -2.73. The molecule has 0 bridgehead atoms. The summed E-state index contributed by atoms with van der Waals surface area (Å²) in [6, 6.07) is 13.9. The van der Waals surface area contributed by atoms with Crippen molar-refractivity contribution >= 4 is 40.7 Å². The van der Waals surface area contributed by atoms with Crippen LogP contribution in [0.4, 0.5) is 10.1 Å². The first kappa shape index (κ1) is 24.2. The highest BCUT2D eigenvalue weighted by molar-refractivity contribution is 6.32. The van der Waals surface area contributed by atoms with E-state index in [1.54, 1.807) is 25.1 Å². The highest BCUT2D eigenvalue weighted by Gasteiger charge is 2.19. The van der Waals surface area contributed by atoms with Gasteiger partial charge < -0.3 is 9.47 Å². The van der Waals surface area contributed by atoms with E-state index in [-0.39, 0.29) is 50.9 Å². The van der Waals surface area contributed by atoms with Crippen molar-refractivity contribution < 1.29 is 24.6 Å². The first-order chi connectivity index (χ1) is 15.7. The van der Waals surface area contributed by atoms with E-state index in [4.69, 9.17) is 48.8 Å². The second kappa shape index (κ2) is 10.4. The minimum atomic E-state index is -0.811. The van der Waals surface area contributed by atoms with Crippen LogP contribution in [0.2, 0.25) is 10.0 Å². The molecule has 0 spiro atoms. The first-order valence-electron chi connectivity index (χ1n) is 9.49. The van der Waals surface area contributed by atoms with E-state index in [0.717, 1.165) is 5.48 Å². The van der Waals surface area contributed by atoms with Crippen LogP contribution < -0.4 is 10.2 Å². The Kier molecular flexibility index (Phi) is 7.63. The third-order valence-electron chi connectivity index (χ3n) is 4.58. The fourth-order valence-corrected chi connectivity index (χ4v) is 3.37. The van der Waals surface area contributed by atoms with Gasteiger partial charge in [0.2, 0.25) is 5.90 Å². The summed E-state index contributed by atoms with van der Waals surface area (Å²) in [5.41, 5.74) is 2.76. The van der Waals surface area contributed by atoms with Crippen LogP contribution in [0.3, 0.4) is 0 Å². The molecule has 0 unspecified atom stereocenters. The lowest BCUT2D eigenvalue weighted by atomic mass is 10.1. The molecular formula is C23H18Cl2FN4O3+. The van der Waals surface area contributed by atoms with Gasteiger partial charge in [0, 0.05) is 28.3 Å². The normalized spacial score (nSPS) is 10.4. The SMILES string of the molecule is Cc1ccc([NH2+]O)cc1C(=N)OC(=N)Cc1ccc(Cl)c(Oc2cc(Cl)cc(C#N)c2)c1F. The maximum absolute atomic E-state index is 15.1. The van der Waals surface area contributed by atoms with Crippen LogP contribution in [0.1, 0.15) is 22.3 Å². The monoisotopic (exact) mass is 487 g/mol. The Labute approximate surface area is 198 Å². The van der Waals surface area contributed by atoms with Crippen LogP contribution in [0.15, 0.2) is 48.5 Å². The number of aryl methyl sites for hydroxylation is 1. The highest BCUT2D eigenvalue weighted by atomic mass is 35.5. The van der Waals surface area contributed by atoms with Gasteiger partial charge >= 0.3 is 0 Å². The number of hydrogen-bond acceptors (Lipinski definition) is 6. The summed E-state index contributed by atoms with van der Waals surface area (Å²) in [6.07, 6.45) is -0.272. The average molecular weight is 488 g/mol. The number of nitrogens with one attached hydrogen (secondary N) is 2. The smallest absolute Gasteiger partial charge is 0.221 e. The Balaban J connectivity index is 1.79. The van der Waals surface area contributed by atoms with Crippen LogP contribution in [0.25, 0.3) is 0 Å². The van der Waals surface area contributed by atoms with Crippen molar-refractivity contribution in [2.45, 2.75) is 13.3 Å². The maximum Gasteiger partial charge on any atom is 0.221 e. The number of halogens is 3. The number of quaternary nitrogens is 1. The topological polar surface area (TPSA) is 127 Å². The van der Waals surface area contributed by atoms with E-state index in [2.05, 4.69) is 0 Å². The zero-order chi connectivity index (χ0) is 24.1. The van der Waals surface area contributed by atoms with Gasteiger partial charge in [0.05, 0.1) is 23.1 Å². The molecule has 5 N–H and O–H groups in total. The molecule has 3 rings (SSSR count). The van der Waals surface area contributed by atoms with E-state index in [1.165, 1.54) is 30.3 Å². The number of benzene rings is 3. The molecule has 0 heterocycles. The third kappa shape index (κ3) is 5.86. The van der Waals surface area contributed by atoms with Crippen LogP contribution in [-0.4, -0.2) is 17.0 Å². The standard InChI is InChI=1S/C23H17Cl2FN4O3/c1-12-2-4-16(30-31)10-18(12)23(29)33-20(28)8-14-3-5-19(25)22(21(14)26)32-17-7-13(11-27)6-15(24)9-17/h2-7,9-10,28-31H,8H2,1H3/p+1. The molecule has 0 saturated heterocycles. The summed E-state index contributed by atoms with van der Waals surface area (Å²) < 4.78 is 26.0. The summed E-state index contributed by atoms with van der Waals surface area (Å²) in [5.74, 6) is -1.66. The predicted molar refractivity (Wildman–Crippen MR) is 122 cm³/mol. The molecule has 0 radical (unpaired) electrons. The van der Waals surface area contributed by atoms with Gasteiger partial charge in [0.15, 0.2) is 23.2 Å². The van der Waals surface area contributed by atoms with Crippen molar-refractivity contribution in [1.29, 1.82) is 16.1 Å².